The average molecular weight is 505 g/mol. The summed E-state index contributed by atoms with van der Waals surface area (Å²) in [5, 5.41) is 9.19. The van der Waals surface area contributed by atoms with E-state index >= 15 is 0 Å². The fourth-order valence-electron chi connectivity index (χ4n) is 4.76. The first-order chi connectivity index (χ1) is 15.0. The first-order valence-corrected chi connectivity index (χ1v) is 12.2. The molecule has 1 aliphatic carbocycles. The van der Waals surface area contributed by atoms with Gasteiger partial charge in [0.15, 0.2) is 22.6 Å². The number of likely N-dealkylation sites (tertiary alicyclic amines) is 1. The number of nitrogens with zero attached hydrogens (tertiary/aromatic N) is 4. The van der Waals surface area contributed by atoms with E-state index in [-0.39, 0.29) is 0 Å². The normalized spacial score (nSPS) is 22.6. The van der Waals surface area contributed by atoms with Gasteiger partial charge < -0.3 is 9.47 Å². The Bertz CT molecular complexity index is 1100. The first-order valence-electron chi connectivity index (χ1n) is 10.4. The van der Waals surface area contributed by atoms with Gasteiger partial charge in [0.2, 0.25) is 0 Å². The lowest BCUT2D eigenvalue weighted by molar-refractivity contribution is 0.299. The van der Waals surface area contributed by atoms with E-state index in [1.807, 2.05) is 11.6 Å². The summed E-state index contributed by atoms with van der Waals surface area (Å²) in [7, 11) is 1.86. The number of halogens is 3. The minimum atomic E-state index is -0.876. The Morgan fingerprint density at radius 3 is 2.71 bits per heavy atom. The van der Waals surface area contributed by atoms with Crippen LogP contribution in [0.2, 0.25) is 0 Å². The molecule has 0 amide bonds. The number of hydrogen-bond donors (Lipinski definition) is 0. The SMILES string of the molecule is Cn1c(SCCCN2C[C@@H]3C[C@]3(c3ccc(Br)cc3)C2)nnc1-c1ccc(F)c(F)c1. The highest BCUT2D eigenvalue weighted by atomic mass is 79.9. The van der Waals surface area contributed by atoms with Crippen molar-refractivity contribution in [1.82, 2.24) is 19.7 Å². The molecule has 0 spiro atoms. The summed E-state index contributed by atoms with van der Waals surface area (Å²) in [4.78, 5) is 2.58. The minimum absolute atomic E-state index is 0.372. The summed E-state index contributed by atoms with van der Waals surface area (Å²) < 4.78 is 29.7. The van der Waals surface area contributed by atoms with Crippen LogP contribution in [0.25, 0.3) is 11.4 Å². The molecule has 4 nitrogen and oxygen atoms in total. The predicted octanol–water partition coefficient (Wildman–Crippen LogP) is 5.28. The minimum Gasteiger partial charge on any atom is -0.305 e. The Balaban J connectivity index is 1.13. The van der Waals surface area contributed by atoms with Gasteiger partial charge in [-0.3, -0.25) is 0 Å². The quantitative estimate of drug-likeness (QED) is 0.323. The molecule has 2 atom stereocenters. The Hall–Kier alpha value is -1.77. The third-order valence-electron chi connectivity index (χ3n) is 6.50. The first kappa shape index (κ1) is 21.1. The number of aromatic nitrogens is 3. The van der Waals surface area contributed by atoms with Crippen LogP contribution in [0.3, 0.4) is 0 Å². The van der Waals surface area contributed by atoms with E-state index in [9.17, 15) is 8.78 Å². The van der Waals surface area contributed by atoms with Crippen LogP contribution in [0.5, 0.6) is 0 Å². The maximum Gasteiger partial charge on any atom is 0.191 e. The highest BCUT2D eigenvalue weighted by Crippen LogP contribution is 2.59. The largest absolute Gasteiger partial charge is 0.305 e. The molecule has 1 saturated heterocycles. The van der Waals surface area contributed by atoms with Crippen molar-refractivity contribution < 1.29 is 8.78 Å². The number of thioether (sulfide) groups is 1. The zero-order valence-electron chi connectivity index (χ0n) is 17.2. The van der Waals surface area contributed by atoms with E-state index < -0.39 is 11.6 Å². The third-order valence-corrected chi connectivity index (χ3v) is 8.13. The van der Waals surface area contributed by atoms with Crippen LogP contribution >= 0.6 is 27.7 Å². The molecule has 0 unspecified atom stereocenters. The van der Waals surface area contributed by atoms with Gasteiger partial charge in [-0.1, -0.05) is 39.8 Å². The average Bonchev–Trinajstić information content (AvgIpc) is 3.13. The highest BCUT2D eigenvalue weighted by molar-refractivity contribution is 9.10. The fourth-order valence-corrected chi connectivity index (χ4v) is 5.86. The van der Waals surface area contributed by atoms with E-state index in [4.69, 9.17) is 0 Å². The number of hydrogen-bond acceptors (Lipinski definition) is 4. The molecular weight excluding hydrogens is 482 g/mol. The molecule has 2 aromatic carbocycles. The number of rotatable bonds is 7. The van der Waals surface area contributed by atoms with E-state index in [1.165, 1.54) is 24.6 Å². The summed E-state index contributed by atoms with van der Waals surface area (Å²) >= 11 is 5.18. The standard InChI is InChI=1S/C23H23BrF2N4S/c1-29-21(15-3-8-19(25)20(26)11-15)27-28-22(29)31-10-2-9-30-13-17-12-23(17,14-30)16-4-6-18(24)7-5-16/h3-8,11,17H,2,9-10,12-14H2,1H3/t17-,23+/m0/s1. The number of fused-ring (bicyclic) bond motifs is 1. The van der Waals surface area contributed by atoms with Gasteiger partial charge in [0.05, 0.1) is 0 Å². The van der Waals surface area contributed by atoms with Crippen LogP contribution in [0, 0.1) is 17.6 Å². The zero-order chi connectivity index (χ0) is 21.6. The molecular formula is C23H23BrF2N4S. The number of piperidine rings is 1. The predicted molar refractivity (Wildman–Crippen MR) is 122 cm³/mol. The molecule has 1 saturated carbocycles. The summed E-state index contributed by atoms with van der Waals surface area (Å²) in [5.41, 5.74) is 2.37. The van der Waals surface area contributed by atoms with Crippen LogP contribution < -0.4 is 0 Å². The molecule has 8 heteroatoms. The topological polar surface area (TPSA) is 34.0 Å². The second-order valence-corrected chi connectivity index (χ2v) is 10.5. The van der Waals surface area contributed by atoms with Crippen molar-refractivity contribution in [2.45, 2.75) is 23.4 Å². The van der Waals surface area contributed by atoms with Gasteiger partial charge in [-0.25, -0.2) is 8.78 Å². The van der Waals surface area contributed by atoms with Crippen molar-refractivity contribution >= 4 is 27.7 Å². The molecule has 0 N–H and O–H groups in total. The van der Waals surface area contributed by atoms with Crippen LogP contribution in [0.1, 0.15) is 18.4 Å². The van der Waals surface area contributed by atoms with Crippen molar-refractivity contribution in [3.8, 4) is 11.4 Å². The van der Waals surface area contributed by atoms with Crippen molar-refractivity contribution in [1.29, 1.82) is 0 Å². The molecule has 3 aromatic rings. The molecule has 0 bridgehead atoms. The molecule has 31 heavy (non-hydrogen) atoms. The van der Waals surface area contributed by atoms with E-state index in [2.05, 4.69) is 55.3 Å². The molecule has 2 heterocycles. The lowest BCUT2D eigenvalue weighted by Gasteiger charge is -2.21. The molecule has 2 fully saturated rings. The lowest BCUT2D eigenvalue weighted by atomic mass is 9.95. The van der Waals surface area contributed by atoms with Crippen molar-refractivity contribution in [2.24, 2.45) is 13.0 Å². The maximum atomic E-state index is 13.5. The van der Waals surface area contributed by atoms with Crippen molar-refractivity contribution in [3.05, 3.63) is 64.1 Å². The van der Waals surface area contributed by atoms with Gasteiger partial charge in [0.1, 0.15) is 0 Å². The fraction of sp³-hybridized carbons (Fsp3) is 0.391. The summed E-state index contributed by atoms with van der Waals surface area (Å²) in [6.07, 6.45) is 2.38. The van der Waals surface area contributed by atoms with E-state index in [0.717, 1.165) is 52.9 Å². The second-order valence-electron chi connectivity index (χ2n) is 8.50. The summed E-state index contributed by atoms with van der Waals surface area (Å²) in [6.45, 7) is 3.41. The summed E-state index contributed by atoms with van der Waals surface area (Å²) in [6, 6.07) is 12.6. The van der Waals surface area contributed by atoms with Crippen LogP contribution in [-0.4, -0.2) is 45.1 Å². The van der Waals surface area contributed by atoms with Gasteiger partial charge >= 0.3 is 0 Å². The third kappa shape index (κ3) is 4.05. The Morgan fingerprint density at radius 2 is 1.94 bits per heavy atom. The van der Waals surface area contributed by atoms with Gasteiger partial charge in [0, 0.05) is 41.3 Å². The van der Waals surface area contributed by atoms with Crippen molar-refractivity contribution in [2.75, 3.05) is 25.4 Å². The van der Waals surface area contributed by atoms with Crippen LogP contribution in [0.15, 0.2) is 52.1 Å². The monoisotopic (exact) mass is 504 g/mol. The molecule has 1 aromatic heterocycles. The van der Waals surface area contributed by atoms with Gasteiger partial charge in [-0.2, -0.15) is 0 Å². The smallest absolute Gasteiger partial charge is 0.191 e. The molecule has 1 aliphatic heterocycles. The van der Waals surface area contributed by atoms with Gasteiger partial charge in [-0.15, -0.1) is 10.2 Å². The zero-order valence-corrected chi connectivity index (χ0v) is 19.6. The molecule has 162 valence electrons. The van der Waals surface area contributed by atoms with Gasteiger partial charge in [-0.05, 0) is 61.2 Å². The maximum absolute atomic E-state index is 13.5. The molecule has 5 rings (SSSR count). The van der Waals surface area contributed by atoms with Crippen LogP contribution in [0.4, 0.5) is 8.78 Å². The van der Waals surface area contributed by atoms with Crippen molar-refractivity contribution in [3.63, 3.8) is 0 Å². The van der Waals surface area contributed by atoms with E-state index in [0.29, 0.717) is 16.8 Å². The molecule has 2 aliphatic rings. The van der Waals surface area contributed by atoms with Crippen LogP contribution in [-0.2, 0) is 12.5 Å². The van der Waals surface area contributed by atoms with Gasteiger partial charge in [0.25, 0.3) is 0 Å². The second kappa shape index (κ2) is 8.30. The highest BCUT2D eigenvalue weighted by Gasteiger charge is 2.60. The lowest BCUT2D eigenvalue weighted by Crippen LogP contribution is -2.27. The number of benzene rings is 2. The Labute approximate surface area is 193 Å². The molecule has 0 radical (unpaired) electrons. The Morgan fingerprint density at radius 1 is 1.13 bits per heavy atom. The van der Waals surface area contributed by atoms with E-state index in [1.54, 1.807) is 11.8 Å². The Kier molecular flexibility index (Phi) is 5.65. The summed E-state index contributed by atoms with van der Waals surface area (Å²) in [5.74, 6) is 0.536.